The third-order valence-electron chi connectivity index (χ3n) is 2.97. The van der Waals surface area contributed by atoms with Crippen LogP contribution in [0.2, 0.25) is 0 Å². The minimum Gasteiger partial charge on any atom is -0.394 e. The molecule has 0 aliphatic rings. The number of aliphatic hydroxyl groups excluding tert-OH is 1. The van der Waals surface area contributed by atoms with Crippen LogP contribution in [0.1, 0.15) is 39.5 Å². The molecule has 2 N–H and O–H groups in total. The molecule has 0 saturated heterocycles. The second-order valence-electron chi connectivity index (χ2n) is 4.81. The van der Waals surface area contributed by atoms with Gasteiger partial charge < -0.3 is 10.4 Å². The molecule has 0 aromatic heterocycles. The molecule has 1 rings (SSSR count). The molecular formula is C14H22FNO. The van der Waals surface area contributed by atoms with E-state index in [-0.39, 0.29) is 18.0 Å². The van der Waals surface area contributed by atoms with E-state index in [1.54, 1.807) is 12.1 Å². The standard InChI is InChI=1S/C14H22FNO/c1-3-4-5-10-14(2,11-17)16-13-8-6-12(15)7-9-13/h6-9,16-17H,3-5,10-11H2,1-2H3. The first-order valence-electron chi connectivity index (χ1n) is 6.24. The molecule has 1 unspecified atom stereocenters. The molecule has 0 radical (unpaired) electrons. The molecule has 0 spiro atoms. The van der Waals surface area contributed by atoms with Crippen molar-refractivity contribution in [2.24, 2.45) is 0 Å². The topological polar surface area (TPSA) is 32.3 Å². The predicted octanol–water partition coefficient (Wildman–Crippen LogP) is 3.57. The molecule has 1 aromatic carbocycles. The lowest BCUT2D eigenvalue weighted by atomic mass is 9.95. The van der Waals surface area contributed by atoms with E-state index in [1.165, 1.54) is 18.6 Å². The molecule has 0 fully saturated rings. The summed E-state index contributed by atoms with van der Waals surface area (Å²) in [5.74, 6) is -0.243. The van der Waals surface area contributed by atoms with E-state index in [9.17, 15) is 9.50 Å². The fourth-order valence-corrected chi connectivity index (χ4v) is 1.83. The highest BCUT2D eigenvalue weighted by Gasteiger charge is 2.22. The zero-order chi connectivity index (χ0) is 12.7. The Morgan fingerprint density at radius 1 is 1.24 bits per heavy atom. The van der Waals surface area contributed by atoms with Crippen LogP contribution in [0.4, 0.5) is 10.1 Å². The summed E-state index contributed by atoms with van der Waals surface area (Å²) >= 11 is 0. The lowest BCUT2D eigenvalue weighted by molar-refractivity contribution is 0.212. The third-order valence-corrected chi connectivity index (χ3v) is 2.97. The van der Waals surface area contributed by atoms with Gasteiger partial charge in [-0.3, -0.25) is 0 Å². The van der Waals surface area contributed by atoms with Gasteiger partial charge in [-0.2, -0.15) is 0 Å². The fraction of sp³-hybridized carbons (Fsp3) is 0.571. The van der Waals surface area contributed by atoms with E-state index >= 15 is 0 Å². The van der Waals surface area contributed by atoms with Crippen molar-refractivity contribution in [2.75, 3.05) is 11.9 Å². The van der Waals surface area contributed by atoms with E-state index in [0.29, 0.717) is 0 Å². The second-order valence-corrected chi connectivity index (χ2v) is 4.81. The summed E-state index contributed by atoms with van der Waals surface area (Å²) in [6.07, 6.45) is 4.33. The summed E-state index contributed by atoms with van der Waals surface area (Å²) in [5, 5.41) is 12.7. The van der Waals surface area contributed by atoms with E-state index in [2.05, 4.69) is 12.2 Å². The highest BCUT2D eigenvalue weighted by molar-refractivity contribution is 5.45. The van der Waals surface area contributed by atoms with Crippen LogP contribution in [-0.4, -0.2) is 17.3 Å². The van der Waals surface area contributed by atoms with Crippen LogP contribution >= 0.6 is 0 Å². The van der Waals surface area contributed by atoms with Gasteiger partial charge in [0.25, 0.3) is 0 Å². The van der Waals surface area contributed by atoms with Gasteiger partial charge >= 0.3 is 0 Å². The quantitative estimate of drug-likeness (QED) is 0.713. The highest BCUT2D eigenvalue weighted by atomic mass is 19.1. The first kappa shape index (κ1) is 14.0. The lowest BCUT2D eigenvalue weighted by Gasteiger charge is -2.30. The van der Waals surface area contributed by atoms with Crippen LogP contribution in [0.5, 0.6) is 0 Å². The maximum absolute atomic E-state index is 12.8. The summed E-state index contributed by atoms with van der Waals surface area (Å²) in [5.41, 5.74) is 0.520. The Labute approximate surface area is 103 Å². The first-order chi connectivity index (χ1) is 8.09. The van der Waals surface area contributed by atoms with Gasteiger partial charge in [-0.05, 0) is 37.6 Å². The normalized spacial score (nSPS) is 14.4. The molecule has 0 aliphatic carbocycles. The number of halogens is 1. The van der Waals surface area contributed by atoms with Crippen molar-refractivity contribution in [3.8, 4) is 0 Å². The summed E-state index contributed by atoms with van der Waals surface area (Å²) in [6.45, 7) is 4.23. The van der Waals surface area contributed by atoms with E-state index in [1.807, 2.05) is 6.92 Å². The molecule has 17 heavy (non-hydrogen) atoms. The largest absolute Gasteiger partial charge is 0.394 e. The summed E-state index contributed by atoms with van der Waals surface area (Å²) in [7, 11) is 0. The molecule has 2 nitrogen and oxygen atoms in total. The molecule has 1 aromatic rings. The maximum atomic E-state index is 12.8. The van der Waals surface area contributed by atoms with E-state index in [4.69, 9.17) is 0 Å². The van der Waals surface area contributed by atoms with Gasteiger partial charge in [-0.1, -0.05) is 26.2 Å². The lowest BCUT2D eigenvalue weighted by Crippen LogP contribution is -2.38. The first-order valence-corrected chi connectivity index (χ1v) is 6.24. The molecule has 96 valence electrons. The minimum absolute atomic E-state index is 0.0775. The Hall–Kier alpha value is -1.09. The SMILES string of the molecule is CCCCCC(C)(CO)Nc1ccc(F)cc1. The average Bonchev–Trinajstić information content (AvgIpc) is 2.33. The number of hydrogen-bond donors (Lipinski definition) is 2. The number of unbranched alkanes of at least 4 members (excludes halogenated alkanes) is 2. The maximum Gasteiger partial charge on any atom is 0.123 e. The summed E-state index contributed by atoms with van der Waals surface area (Å²) in [4.78, 5) is 0. The monoisotopic (exact) mass is 239 g/mol. The Kier molecular flexibility index (Phi) is 5.42. The van der Waals surface area contributed by atoms with Gasteiger partial charge in [0.15, 0.2) is 0 Å². The van der Waals surface area contributed by atoms with Gasteiger partial charge in [-0.25, -0.2) is 4.39 Å². The Morgan fingerprint density at radius 3 is 2.41 bits per heavy atom. The van der Waals surface area contributed by atoms with Crippen molar-refractivity contribution < 1.29 is 9.50 Å². The molecule has 0 saturated carbocycles. The molecule has 0 amide bonds. The average molecular weight is 239 g/mol. The zero-order valence-electron chi connectivity index (χ0n) is 10.7. The van der Waals surface area contributed by atoms with Crippen LogP contribution in [-0.2, 0) is 0 Å². The van der Waals surface area contributed by atoms with Crippen LogP contribution in [0, 0.1) is 5.82 Å². The Morgan fingerprint density at radius 2 is 1.88 bits per heavy atom. The van der Waals surface area contributed by atoms with Crippen LogP contribution in [0.25, 0.3) is 0 Å². The summed E-state index contributed by atoms with van der Waals surface area (Å²) < 4.78 is 12.8. The number of nitrogens with one attached hydrogen (secondary N) is 1. The van der Waals surface area contributed by atoms with Crippen molar-refractivity contribution in [1.82, 2.24) is 0 Å². The van der Waals surface area contributed by atoms with Crippen molar-refractivity contribution in [3.05, 3.63) is 30.1 Å². The van der Waals surface area contributed by atoms with Gasteiger partial charge in [-0.15, -0.1) is 0 Å². The smallest absolute Gasteiger partial charge is 0.123 e. The number of anilines is 1. The van der Waals surface area contributed by atoms with E-state index in [0.717, 1.165) is 24.9 Å². The van der Waals surface area contributed by atoms with Crippen LogP contribution in [0.3, 0.4) is 0 Å². The molecule has 0 bridgehead atoms. The molecule has 3 heteroatoms. The van der Waals surface area contributed by atoms with E-state index < -0.39 is 0 Å². The van der Waals surface area contributed by atoms with Crippen molar-refractivity contribution >= 4 is 5.69 Å². The molecular weight excluding hydrogens is 217 g/mol. The van der Waals surface area contributed by atoms with Gasteiger partial charge in [0.05, 0.1) is 12.1 Å². The third kappa shape index (κ3) is 4.73. The second kappa shape index (κ2) is 6.60. The van der Waals surface area contributed by atoms with Gasteiger partial charge in [0.2, 0.25) is 0 Å². The van der Waals surface area contributed by atoms with Gasteiger partial charge in [0, 0.05) is 5.69 Å². The van der Waals surface area contributed by atoms with Crippen molar-refractivity contribution in [1.29, 1.82) is 0 Å². The fourth-order valence-electron chi connectivity index (χ4n) is 1.83. The number of aliphatic hydroxyl groups is 1. The number of hydrogen-bond acceptors (Lipinski definition) is 2. The molecule has 0 aliphatic heterocycles. The number of rotatable bonds is 7. The zero-order valence-corrected chi connectivity index (χ0v) is 10.7. The van der Waals surface area contributed by atoms with Crippen molar-refractivity contribution in [3.63, 3.8) is 0 Å². The highest BCUT2D eigenvalue weighted by Crippen LogP contribution is 2.21. The molecule has 1 atom stereocenters. The van der Waals surface area contributed by atoms with Crippen LogP contribution in [0.15, 0.2) is 24.3 Å². The number of benzene rings is 1. The van der Waals surface area contributed by atoms with Gasteiger partial charge in [0.1, 0.15) is 5.82 Å². The van der Waals surface area contributed by atoms with Crippen molar-refractivity contribution in [2.45, 2.75) is 45.1 Å². The Bertz CT molecular complexity index is 325. The molecule has 0 heterocycles. The Balaban J connectivity index is 2.58. The van der Waals surface area contributed by atoms with Crippen LogP contribution < -0.4 is 5.32 Å². The summed E-state index contributed by atoms with van der Waals surface area (Å²) in [6, 6.07) is 6.24. The minimum atomic E-state index is -0.326. The predicted molar refractivity (Wildman–Crippen MR) is 69.7 cm³/mol.